The van der Waals surface area contributed by atoms with Crippen LogP contribution in [0, 0.1) is 5.92 Å². The molecule has 1 rings (SSSR count). The average Bonchev–Trinajstić information content (AvgIpc) is 3.04. The summed E-state index contributed by atoms with van der Waals surface area (Å²) in [5, 5.41) is 25.9. The smallest absolute Gasteiger partial charge is 0.336 e. The third kappa shape index (κ3) is 15.8. The van der Waals surface area contributed by atoms with Gasteiger partial charge in [0.25, 0.3) is 0 Å². The Bertz CT molecular complexity index is 1060. The highest BCUT2D eigenvalue weighted by Crippen LogP contribution is 2.26. The highest BCUT2D eigenvalue weighted by atomic mass is 19.1. The predicted octanol–water partition coefficient (Wildman–Crippen LogP) is 6.26. The van der Waals surface area contributed by atoms with Gasteiger partial charge in [0, 0.05) is 32.7 Å². The standard InChI is InChI=1S/C36H57FN2O7/c1-4-6-8-11-14-17-29(40)18-15-12-9-10-13-16-19-31(36(45,24-25-37)35(43)44)33(41)39-32(34(42)38-3)27-28-20-22-30(23-21-28)46-26-7-5-2/h16,19-23,31-32,45H,4-15,17-18,24-27H2,1-3H3,(H,38,42)(H,39,41)(H,43,44)/b19-16+/t31-,32+,36+/m1/s1. The van der Waals surface area contributed by atoms with Gasteiger partial charge in [-0.05, 0) is 49.8 Å². The topological polar surface area (TPSA) is 142 Å². The zero-order valence-electron chi connectivity index (χ0n) is 28.2. The van der Waals surface area contributed by atoms with Crippen LogP contribution in [0.3, 0.4) is 0 Å². The highest BCUT2D eigenvalue weighted by Gasteiger charge is 2.47. The van der Waals surface area contributed by atoms with Gasteiger partial charge < -0.3 is 25.6 Å². The van der Waals surface area contributed by atoms with Crippen molar-refractivity contribution in [2.75, 3.05) is 20.3 Å². The number of aliphatic hydroxyl groups is 1. The van der Waals surface area contributed by atoms with Crippen LogP contribution < -0.4 is 15.4 Å². The molecule has 0 aliphatic carbocycles. The molecule has 2 amide bonds. The number of benzene rings is 1. The van der Waals surface area contributed by atoms with Crippen molar-refractivity contribution in [1.82, 2.24) is 10.6 Å². The molecule has 0 aromatic heterocycles. The molecule has 46 heavy (non-hydrogen) atoms. The molecule has 9 nitrogen and oxygen atoms in total. The van der Waals surface area contributed by atoms with Gasteiger partial charge in [-0.2, -0.15) is 0 Å². The van der Waals surface area contributed by atoms with Gasteiger partial charge in [-0.25, -0.2) is 4.79 Å². The number of ketones is 1. The maximum atomic E-state index is 13.4. The van der Waals surface area contributed by atoms with Crippen LogP contribution >= 0.6 is 0 Å². The molecule has 260 valence electrons. The number of likely N-dealkylation sites (N-methyl/N-ethyl adjacent to an activating group) is 1. The molecule has 0 saturated carbocycles. The van der Waals surface area contributed by atoms with Crippen LogP contribution in [0.25, 0.3) is 0 Å². The van der Waals surface area contributed by atoms with E-state index in [4.69, 9.17) is 4.74 Å². The molecule has 4 N–H and O–H groups in total. The van der Waals surface area contributed by atoms with Crippen molar-refractivity contribution < 1.29 is 38.5 Å². The molecule has 1 aromatic carbocycles. The Hall–Kier alpha value is -3.27. The molecule has 0 spiro atoms. The fourth-order valence-corrected chi connectivity index (χ4v) is 5.16. The lowest BCUT2D eigenvalue weighted by atomic mass is 9.83. The Labute approximate surface area is 274 Å². The number of amides is 2. The summed E-state index contributed by atoms with van der Waals surface area (Å²) in [5.74, 6) is -3.76. The molecule has 0 bridgehead atoms. The summed E-state index contributed by atoms with van der Waals surface area (Å²) < 4.78 is 19.1. The van der Waals surface area contributed by atoms with Gasteiger partial charge in [0.15, 0.2) is 5.60 Å². The van der Waals surface area contributed by atoms with E-state index in [1.54, 1.807) is 30.3 Å². The van der Waals surface area contributed by atoms with Gasteiger partial charge in [-0.3, -0.25) is 18.8 Å². The van der Waals surface area contributed by atoms with E-state index >= 15 is 0 Å². The first-order chi connectivity index (χ1) is 22.1. The van der Waals surface area contributed by atoms with E-state index < -0.39 is 48.4 Å². The Morgan fingerprint density at radius 1 is 0.891 bits per heavy atom. The minimum absolute atomic E-state index is 0.104. The van der Waals surface area contributed by atoms with E-state index in [2.05, 4.69) is 24.5 Å². The molecule has 0 unspecified atom stereocenters. The number of carboxylic acid groups (broad SMARTS) is 1. The second-order valence-electron chi connectivity index (χ2n) is 12.0. The van der Waals surface area contributed by atoms with Crippen molar-refractivity contribution in [2.24, 2.45) is 5.92 Å². The molecule has 0 saturated heterocycles. The van der Waals surface area contributed by atoms with Gasteiger partial charge in [0.2, 0.25) is 11.8 Å². The van der Waals surface area contributed by atoms with Crippen molar-refractivity contribution in [1.29, 1.82) is 0 Å². The predicted molar refractivity (Wildman–Crippen MR) is 178 cm³/mol. The number of carboxylic acids is 1. The maximum absolute atomic E-state index is 13.4. The number of carbonyl (C=O) groups excluding carboxylic acids is 3. The van der Waals surface area contributed by atoms with Crippen LogP contribution in [-0.2, 0) is 25.6 Å². The highest BCUT2D eigenvalue weighted by molar-refractivity contribution is 5.93. The van der Waals surface area contributed by atoms with Crippen molar-refractivity contribution in [3.63, 3.8) is 0 Å². The Kier molecular flexibility index (Phi) is 21.2. The van der Waals surface area contributed by atoms with Gasteiger partial charge in [0.05, 0.1) is 19.2 Å². The second-order valence-corrected chi connectivity index (χ2v) is 12.0. The van der Waals surface area contributed by atoms with E-state index in [9.17, 15) is 33.8 Å². The van der Waals surface area contributed by atoms with Crippen molar-refractivity contribution >= 4 is 23.6 Å². The number of nitrogens with one attached hydrogen (secondary N) is 2. The van der Waals surface area contributed by atoms with Crippen molar-refractivity contribution in [3.8, 4) is 5.75 Å². The van der Waals surface area contributed by atoms with Crippen LogP contribution in [0.2, 0.25) is 0 Å². The van der Waals surface area contributed by atoms with Gasteiger partial charge >= 0.3 is 5.97 Å². The maximum Gasteiger partial charge on any atom is 0.336 e. The van der Waals surface area contributed by atoms with Crippen molar-refractivity contribution in [3.05, 3.63) is 42.0 Å². The van der Waals surface area contributed by atoms with E-state index in [1.807, 2.05) is 0 Å². The minimum Gasteiger partial charge on any atom is -0.494 e. The number of Topliss-reactive ketones (excluding diaryl/α,β-unsaturated/α-hetero) is 1. The third-order valence-electron chi connectivity index (χ3n) is 8.12. The van der Waals surface area contributed by atoms with Gasteiger partial charge in [-0.15, -0.1) is 0 Å². The minimum atomic E-state index is -2.70. The lowest BCUT2D eigenvalue weighted by Gasteiger charge is -2.30. The number of alkyl halides is 1. The molecule has 10 heteroatoms. The number of rotatable bonds is 27. The number of unbranched alkanes of at least 4 members (excludes halogenated alkanes) is 9. The Balaban J connectivity index is 2.81. The SMILES string of the molecule is CCCCCCCC(=O)CCCCCC/C=C/[C@H](C(=O)N[C@@H](Cc1ccc(OCCCC)cc1)C(=O)NC)[C@@](O)(CCF)C(=O)O. The molecule has 0 aliphatic heterocycles. The fraction of sp³-hybridized carbons (Fsp3) is 0.667. The van der Waals surface area contributed by atoms with Gasteiger partial charge in [0.1, 0.15) is 17.6 Å². The summed E-state index contributed by atoms with van der Waals surface area (Å²) in [6.45, 7) is 3.67. The molecule has 0 heterocycles. The molecule has 0 aliphatic rings. The Morgan fingerprint density at radius 2 is 1.50 bits per heavy atom. The summed E-state index contributed by atoms with van der Waals surface area (Å²) >= 11 is 0. The number of halogens is 1. The van der Waals surface area contributed by atoms with Crippen LogP contribution in [0.5, 0.6) is 5.75 Å². The average molecular weight is 649 g/mol. The molecule has 0 radical (unpaired) electrons. The summed E-state index contributed by atoms with van der Waals surface area (Å²) in [7, 11) is 1.42. The number of hydrogen-bond donors (Lipinski definition) is 4. The van der Waals surface area contributed by atoms with E-state index in [1.165, 1.54) is 32.4 Å². The molecule has 1 aromatic rings. The normalized spacial score (nSPS) is 13.9. The van der Waals surface area contributed by atoms with Crippen LogP contribution in [0.4, 0.5) is 4.39 Å². The fourth-order valence-electron chi connectivity index (χ4n) is 5.16. The quantitative estimate of drug-likeness (QED) is 0.0652. The Morgan fingerprint density at radius 3 is 2.07 bits per heavy atom. The van der Waals surface area contributed by atoms with Crippen LogP contribution in [0.1, 0.15) is 116 Å². The number of hydrogen-bond acceptors (Lipinski definition) is 6. The first kappa shape index (κ1) is 40.8. The lowest BCUT2D eigenvalue weighted by molar-refractivity contribution is -0.167. The molecule has 0 fully saturated rings. The number of allylic oxidation sites excluding steroid dienone is 1. The van der Waals surface area contributed by atoms with E-state index in [-0.39, 0.29) is 6.42 Å². The number of carbonyl (C=O) groups is 4. The second kappa shape index (κ2) is 24.0. The summed E-state index contributed by atoms with van der Waals surface area (Å²) in [5.41, 5.74) is -1.97. The van der Waals surface area contributed by atoms with Gasteiger partial charge in [-0.1, -0.05) is 83.1 Å². The first-order valence-electron chi connectivity index (χ1n) is 17.1. The third-order valence-corrected chi connectivity index (χ3v) is 8.12. The zero-order valence-corrected chi connectivity index (χ0v) is 28.2. The summed E-state index contributed by atoms with van der Waals surface area (Å²) in [4.78, 5) is 50.3. The summed E-state index contributed by atoms with van der Waals surface area (Å²) in [6, 6.07) is 6.04. The van der Waals surface area contributed by atoms with Crippen LogP contribution in [0.15, 0.2) is 36.4 Å². The largest absolute Gasteiger partial charge is 0.494 e. The van der Waals surface area contributed by atoms with E-state index in [0.29, 0.717) is 37.4 Å². The van der Waals surface area contributed by atoms with Crippen LogP contribution in [-0.4, -0.2) is 65.8 Å². The number of ether oxygens (including phenoxy) is 1. The lowest BCUT2D eigenvalue weighted by Crippen LogP contribution is -2.56. The molecular weight excluding hydrogens is 591 g/mol. The van der Waals surface area contributed by atoms with Crippen molar-refractivity contribution in [2.45, 2.75) is 128 Å². The molecule has 3 atom stereocenters. The van der Waals surface area contributed by atoms with E-state index in [0.717, 1.165) is 56.9 Å². The monoisotopic (exact) mass is 648 g/mol. The zero-order chi connectivity index (χ0) is 34.2. The first-order valence-corrected chi connectivity index (χ1v) is 17.1. The molecular formula is C36H57FN2O7. The summed E-state index contributed by atoms with van der Waals surface area (Å²) in [6.07, 6.45) is 14.8. The number of aliphatic carboxylic acids is 1.